The fraction of sp³-hybridized carbons (Fsp3) is 0.750. The van der Waals surface area contributed by atoms with Crippen molar-refractivity contribution in [2.75, 3.05) is 13.7 Å². The summed E-state index contributed by atoms with van der Waals surface area (Å²) in [5.41, 5.74) is 1.23. The average molecular weight is 225 g/mol. The Balaban J connectivity index is 2.50. The number of methoxy groups -OCH3 is 1. The molecule has 2 atom stereocenters. The van der Waals surface area contributed by atoms with Gasteiger partial charge in [0, 0.05) is 24.9 Å². The van der Waals surface area contributed by atoms with Crippen molar-refractivity contribution < 1.29 is 4.74 Å². The molecule has 4 nitrogen and oxygen atoms in total. The molecule has 1 aromatic rings. The summed E-state index contributed by atoms with van der Waals surface area (Å²) < 4.78 is 7.15. The molecule has 0 aromatic carbocycles. The van der Waals surface area contributed by atoms with Crippen LogP contribution < -0.4 is 5.32 Å². The maximum Gasteiger partial charge on any atom is 0.0739 e. The summed E-state index contributed by atoms with van der Waals surface area (Å²) in [6.07, 6.45) is 5.37. The molecule has 0 saturated carbocycles. The van der Waals surface area contributed by atoms with E-state index in [0.717, 1.165) is 19.5 Å². The first kappa shape index (κ1) is 13.2. The van der Waals surface area contributed by atoms with Crippen molar-refractivity contribution in [2.24, 2.45) is 0 Å². The van der Waals surface area contributed by atoms with Crippen LogP contribution in [-0.4, -0.2) is 29.5 Å². The first-order chi connectivity index (χ1) is 7.67. The van der Waals surface area contributed by atoms with Gasteiger partial charge in [-0.3, -0.25) is 4.68 Å². The van der Waals surface area contributed by atoms with Crippen molar-refractivity contribution in [3.63, 3.8) is 0 Å². The third-order valence-corrected chi connectivity index (χ3v) is 2.70. The number of hydrogen-bond acceptors (Lipinski definition) is 3. The third-order valence-electron chi connectivity index (χ3n) is 2.70. The second-order valence-corrected chi connectivity index (χ2v) is 4.22. The average Bonchev–Trinajstić information content (AvgIpc) is 2.74. The van der Waals surface area contributed by atoms with E-state index in [4.69, 9.17) is 4.74 Å². The van der Waals surface area contributed by atoms with Gasteiger partial charge in [-0.2, -0.15) is 5.10 Å². The van der Waals surface area contributed by atoms with Gasteiger partial charge >= 0.3 is 0 Å². The number of nitrogens with one attached hydrogen (secondary N) is 1. The zero-order valence-electron chi connectivity index (χ0n) is 10.7. The smallest absolute Gasteiger partial charge is 0.0739 e. The topological polar surface area (TPSA) is 39.1 Å². The molecule has 4 heteroatoms. The molecule has 0 amide bonds. The minimum absolute atomic E-state index is 0.201. The highest BCUT2D eigenvalue weighted by Crippen LogP contribution is 2.11. The number of aromatic nitrogens is 2. The first-order valence-corrected chi connectivity index (χ1v) is 5.95. The van der Waals surface area contributed by atoms with Gasteiger partial charge in [0.2, 0.25) is 0 Å². The lowest BCUT2D eigenvalue weighted by atomic mass is 10.2. The molecule has 0 spiro atoms. The molecule has 1 aromatic heterocycles. The Hall–Kier alpha value is -0.870. The monoisotopic (exact) mass is 225 g/mol. The summed E-state index contributed by atoms with van der Waals surface area (Å²) in [6.45, 7) is 8.22. The highest BCUT2D eigenvalue weighted by Gasteiger charge is 2.08. The summed E-state index contributed by atoms with van der Waals surface area (Å²) in [6, 6.07) is 0.367. The van der Waals surface area contributed by atoms with Gasteiger partial charge in [0.05, 0.1) is 18.8 Å². The lowest BCUT2D eigenvalue weighted by Gasteiger charge is -2.11. The number of nitrogens with zero attached hydrogens (tertiary/aromatic N) is 2. The quantitative estimate of drug-likeness (QED) is 0.771. The molecule has 1 rings (SSSR count). The van der Waals surface area contributed by atoms with Gasteiger partial charge in [0.1, 0.15) is 0 Å². The normalized spacial score (nSPS) is 15.0. The summed E-state index contributed by atoms with van der Waals surface area (Å²) >= 11 is 0. The van der Waals surface area contributed by atoms with Crippen LogP contribution in [0.3, 0.4) is 0 Å². The van der Waals surface area contributed by atoms with Crippen LogP contribution in [0.1, 0.15) is 38.8 Å². The molecule has 0 bridgehead atoms. The maximum absolute atomic E-state index is 5.21. The van der Waals surface area contributed by atoms with Crippen LogP contribution in [0.4, 0.5) is 0 Å². The Labute approximate surface area is 98.0 Å². The Kier molecular flexibility index (Phi) is 5.49. The van der Waals surface area contributed by atoms with Gasteiger partial charge in [-0.1, -0.05) is 6.92 Å². The molecular formula is C12H23N3O. The zero-order chi connectivity index (χ0) is 12.0. The minimum Gasteiger partial charge on any atom is -0.380 e. The van der Waals surface area contributed by atoms with Crippen LogP contribution >= 0.6 is 0 Å². The second kappa shape index (κ2) is 6.66. The zero-order valence-corrected chi connectivity index (χ0v) is 10.7. The van der Waals surface area contributed by atoms with Gasteiger partial charge < -0.3 is 10.1 Å². The van der Waals surface area contributed by atoms with E-state index in [2.05, 4.69) is 30.5 Å². The van der Waals surface area contributed by atoms with Crippen molar-refractivity contribution >= 4 is 0 Å². The molecule has 1 heterocycles. The fourth-order valence-corrected chi connectivity index (χ4v) is 1.52. The van der Waals surface area contributed by atoms with Crippen LogP contribution in [0.2, 0.25) is 0 Å². The van der Waals surface area contributed by atoms with E-state index in [1.807, 2.05) is 17.8 Å². The lowest BCUT2D eigenvalue weighted by molar-refractivity contribution is 0.0998. The van der Waals surface area contributed by atoms with Crippen molar-refractivity contribution in [2.45, 2.75) is 45.9 Å². The molecule has 16 heavy (non-hydrogen) atoms. The number of ether oxygens (including phenoxy) is 1. The van der Waals surface area contributed by atoms with E-state index in [1.54, 1.807) is 7.11 Å². The van der Waals surface area contributed by atoms with Gasteiger partial charge in [0.25, 0.3) is 0 Å². The molecule has 0 saturated heterocycles. The highest BCUT2D eigenvalue weighted by atomic mass is 16.5. The Morgan fingerprint density at radius 1 is 1.50 bits per heavy atom. The Bertz CT molecular complexity index is 298. The van der Waals surface area contributed by atoms with Gasteiger partial charge in [-0.25, -0.2) is 0 Å². The van der Waals surface area contributed by atoms with Crippen molar-refractivity contribution in [1.82, 2.24) is 15.1 Å². The van der Waals surface area contributed by atoms with Crippen LogP contribution in [0.25, 0.3) is 0 Å². The van der Waals surface area contributed by atoms with Gasteiger partial charge in [0.15, 0.2) is 0 Å². The van der Waals surface area contributed by atoms with E-state index in [9.17, 15) is 0 Å². The summed E-state index contributed by atoms with van der Waals surface area (Å²) in [5, 5.41) is 7.77. The third kappa shape index (κ3) is 3.94. The molecule has 92 valence electrons. The SMILES string of the molecule is CCCNC(C)c1cnn(CC(C)OC)c1. The van der Waals surface area contributed by atoms with Crippen molar-refractivity contribution in [3.05, 3.63) is 18.0 Å². The molecule has 0 aliphatic heterocycles. The van der Waals surface area contributed by atoms with E-state index in [-0.39, 0.29) is 6.10 Å². The number of rotatable bonds is 7. The van der Waals surface area contributed by atoms with E-state index in [1.165, 1.54) is 5.56 Å². The fourth-order valence-electron chi connectivity index (χ4n) is 1.52. The molecule has 0 radical (unpaired) electrons. The predicted octanol–water partition coefficient (Wildman–Crippen LogP) is 1.98. The van der Waals surface area contributed by atoms with Crippen LogP contribution in [-0.2, 0) is 11.3 Å². The maximum atomic E-state index is 5.21. The second-order valence-electron chi connectivity index (χ2n) is 4.22. The lowest BCUT2D eigenvalue weighted by Crippen LogP contribution is -2.19. The molecule has 0 fully saturated rings. The van der Waals surface area contributed by atoms with Gasteiger partial charge in [-0.15, -0.1) is 0 Å². The summed E-state index contributed by atoms with van der Waals surface area (Å²) in [7, 11) is 1.72. The molecular weight excluding hydrogens is 202 g/mol. The highest BCUT2D eigenvalue weighted by molar-refractivity contribution is 5.09. The van der Waals surface area contributed by atoms with E-state index in [0.29, 0.717) is 6.04 Å². The van der Waals surface area contributed by atoms with Crippen LogP contribution in [0.5, 0.6) is 0 Å². The molecule has 0 aliphatic rings. The summed E-state index contributed by atoms with van der Waals surface area (Å²) in [4.78, 5) is 0. The number of hydrogen-bond donors (Lipinski definition) is 1. The molecule has 0 aliphatic carbocycles. The van der Waals surface area contributed by atoms with Crippen molar-refractivity contribution in [1.29, 1.82) is 0 Å². The standard InChI is InChI=1S/C12H23N3O/c1-5-6-13-11(3)12-7-14-15(9-12)8-10(2)16-4/h7,9-11,13H,5-6,8H2,1-4H3. The van der Waals surface area contributed by atoms with Crippen LogP contribution in [0.15, 0.2) is 12.4 Å². The van der Waals surface area contributed by atoms with Crippen molar-refractivity contribution in [3.8, 4) is 0 Å². The van der Waals surface area contributed by atoms with Gasteiger partial charge in [-0.05, 0) is 26.8 Å². The largest absolute Gasteiger partial charge is 0.380 e. The Morgan fingerprint density at radius 3 is 2.88 bits per heavy atom. The van der Waals surface area contributed by atoms with E-state index >= 15 is 0 Å². The molecule has 2 unspecified atom stereocenters. The first-order valence-electron chi connectivity index (χ1n) is 5.95. The van der Waals surface area contributed by atoms with Crippen LogP contribution in [0, 0.1) is 0 Å². The Morgan fingerprint density at radius 2 is 2.25 bits per heavy atom. The molecule has 1 N–H and O–H groups in total. The minimum atomic E-state index is 0.201. The predicted molar refractivity (Wildman–Crippen MR) is 65.4 cm³/mol. The van der Waals surface area contributed by atoms with E-state index < -0.39 is 0 Å². The summed E-state index contributed by atoms with van der Waals surface area (Å²) in [5.74, 6) is 0.